The molecule has 1 atom stereocenters. The van der Waals surface area contributed by atoms with E-state index in [1.54, 1.807) is 0 Å². The van der Waals surface area contributed by atoms with E-state index < -0.39 is 0 Å². The van der Waals surface area contributed by atoms with Crippen LogP contribution in [0.1, 0.15) is 32.6 Å². The van der Waals surface area contributed by atoms with Crippen molar-refractivity contribution >= 4 is 5.69 Å². The Balaban J connectivity index is 1.63. The third-order valence-electron chi connectivity index (χ3n) is 4.41. The zero-order valence-electron chi connectivity index (χ0n) is 12.8. The third-order valence-corrected chi connectivity index (χ3v) is 4.41. The molecule has 1 aromatic carbocycles. The van der Waals surface area contributed by atoms with Gasteiger partial charge in [-0.25, -0.2) is 0 Å². The lowest BCUT2D eigenvalue weighted by atomic mass is 9.84. The van der Waals surface area contributed by atoms with E-state index in [4.69, 9.17) is 14.2 Å². The maximum absolute atomic E-state index is 6.09. The second-order valence-electron chi connectivity index (χ2n) is 5.94. The highest BCUT2D eigenvalue weighted by Crippen LogP contribution is 2.35. The van der Waals surface area contributed by atoms with Crippen molar-refractivity contribution in [2.24, 2.45) is 0 Å². The Hall–Kier alpha value is -1.26. The van der Waals surface area contributed by atoms with Crippen molar-refractivity contribution in [2.45, 2.75) is 44.2 Å². The minimum Gasteiger partial charge on any atom is -0.494 e. The molecule has 1 spiro atoms. The summed E-state index contributed by atoms with van der Waals surface area (Å²) in [5.74, 6) is 0.926. The molecule has 1 aromatic rings. The monoisotopic (exact) mass is 291 g/mol. The first-order chi connectivity index (χ1) is 10.3. The third kappa shape index (κ3) is 3.69. The van der Waals surface area contributed by atoms with Crippen LogP contribution in [0.3, 0.4) is 0 Å². The first-order valence-corrected chi connectivity index (χ1v) is 8.01. The second kappa shape index (κ2) is 6.67. The molecule has 0 amide bonds. The average molecular weight is 291 g/mol. The van der Waals surface area contributed by atoms with E-state index in [1.807, 2.05) is 19.1 Å². The van der Waals surface area contributed by atoms with Gasteiger partial charge < -0.3 is 19.5 Å². The summed E-state index contributed by atoms with van der Waals surface area (Å²) in [6.45, 7) is 5.19. The molecule has 2 heterocycles. The standard InChI is InChI=1S/C17H25NO3/c1-2-20-16-5-3-4-14(12-16)18-15-6-9-21-17(13-15)7-10-19-11-8-17/h3-5,12,15,18H,2,6-11,13H2,1H3. The van der Waals surface area contributed by atoms with E-state index >= 15 is 0 Å². The molecule has 0 aromatic heterocycles. The van der Waals surface area contributed by atoms with Gasteiger partial charge in [0.25, 0.3) is 0 Å². The van der Waals surface area contributed by atoms with Crippen molar-refractivity contribution in [2.75, 3.05) is 31.7 Å². The van der Waals surface area contributed by atoms with Gasteiger partial charge in [0.2, 0.25) is 0 Å². The van der Waals surface area contributed by atoms with Gasteiger partial charge in [0.05, 0.1) is 12.2 Å². The van der Waals surface area contributed by atoms with Crippen molar-refractivity contribution in [3.8, 4) is 5.75 Å². The highest BCUT2D eigenvalue weighted by molar-refractivity contribution is 5.49. The Morgan fingerprint density at radius 1 is 1.29 bits per heavy atom. The van der Waals surface area contributed by atoms with Crippen LogP contribution in [0.5, 0.6) is 5.75 Å². The molecule has 0 aliphatic carbocycles. The van der Waals surface area contributed by atoms with Gasteiger partial charge >= 0.3 is 0 Å². The summed E-state index contributed by atoms with van der Waals surface area (Å²) >= 11 is 0. The predicted molar refractivity (Wildman–Crippen MR) is 83.0 cm³/mol. The number of rotatable bonds is 4. The molecule has 4 nitrogen and oxygen atoms in total. The van der Waals surface area contributed by atoms with Crippen LogP contribution >= 0.6 is 0 Å². The van der Waals surface area contributed by atoms with E-state index in [1.165, 1.54) is 0 Å². The smallest absolute Gasteiger partial charge is 0.121 e. The number of nitrogens with one attached hydrogen (secondary N) is 1. The number of hydrogen-bond donors (Lipinski definition) is 1. The summed E-state index contributed by atoms with van der Waals surface area (Å²) in [4.78, 5) is 0. The van der Waals surface area contributed by atoms with E-state index in [9.17, 15) is 0 Å². The Morgan fingerprint density at radius 2 is 2.14 bits per heavy atom. The Labute approximate surface area is 126 Å². The number of anilines is 1. The second-order valence-corrected chi connectivity index (χ2v) is 5.94. The van der Waals surface area contributed by atoms with Gasteiger partial charge in [0, 0.05) is 37.6 Å². The van der Waals surface area contributed by atoms with Crippen LogP contribution in [0.4, 0.5) is 5.69 Å². The SMILES string of the molecule is CCOc1cccc(NC2CCOC3(CCOCC3)C2)c1. The van der Waals surface area contributed by atoms with Crippen LogP contribution in [0.2, 0.25) is 0 Å². The molecule has 2 aliphatic rings. The first kappa shape index (κ1) is 14.7. The molecule has 2 aliphatic heterocycles. The van der Waals surface area contributed by atoms with Gasteiger partial charge in [-0.3, -0.25) is 0 Å². The molecule has 2 fully saturated rings. The van der Waals surface area contributed by atoms with Gasteiger partial charge in [-0.15, -0.1) is 0 Å². The van der Waals surface area contributed by atoms with Crippen LogP contribution < -0.4 is 10.1 Å². The number of benzene rings is 1. The van der Waals surface area contributed by atoms with Crippen LogP contribution in [-0.4, -0.2) is 38.1 Å². The number of hydrogen-bond acceptors (Lipinski definition) is 4. The molecule has 3 rings (SSSR count). The Bertz CT molecular complexity index is 452. The lowest BCUT2D eigenvalue weighted by Gasteiger charge is -2.43. The van der Waals surface area contributed by atoms with Gasteiger partial charge in [-0.05, 0) is 44.7 Å². The zero-order chi connectivity index (χ0) is 14.5. The van der Waals surface area contributed by atoms with Crippen LogP contribution in [0.25, 0.3) is 0 Å². The van der Waals surface area contributed by atoms with Crippen molar-refractivity contribution in [3.63, 3.8) is 0 Å². The Kier molecular flexibility index (Phi) is 4.66. The molecule has 2 saturated heterocycles. The molecule has 4 heteroatoms. The van der Waals surface area contributed by atoms with Gasteiger partial charge in [-0.1, -0.05) is 6.07 Å². The van der Waals surface area contributed by atoms with E-state index in [2.05, 4.69) is 17.4 Å². The van der Waals surface area contributed by atoms with Gasteiger partial charge in [0.15, 0.2) is 0 Å². The first-order valence-electron chi connectivity index (χ1n) is 8.01. The summed E-state index contributed by atoms with van der Waals surface area (Å²) in [6.07, 6.45) is 4.16. The molecular weight excluding hydrogens is 266 g/mol. The summed E-state index contributed by atoms with van der Waals surface area (Å²) in [5, 5.41) is 3.65. The molecule has 0 radical (unpaired) electrons. The molecule has 0 bridgehead atoms. The normalized spacial score (nSPS) is 24.7. The van der Waals surface area contributed by atoms with Crippen LogP contribution in [0, 0.1) is 0 Å². The molecule has 1 unspecified atom stereocenters. The summed E-state index contributed by atoms with van der Waals surface area (Å²) in [5.41, 5.74) is 1.17. The fourth-order valence-corrected chi connectivity index (χ4v) is 3.32. The van der Waals surface area contributed by atoms with E-state index in [0.29, 0.717) is 12.6 Å². The quantitative estimate of drug-likeness (QED) is 0.924. The Morgan fingerprint density at radius 3 is 2.95 bits per heavy atom. The summed E-state index contributed by atoms with van der Waals surface area (Å²) < 4.78 is 17.1. The lowest BCUT2D eigenvalue weighted by Crippen LogP contribution is -2.47. The minimum atomic E-state index is 0.0334. The average Bonchev–Trinajstić information content (AvgIpc) is 2.49. The fraction of sp³-hybridized carbons (Fsp3) is 0.647. The van der Waals surface area contributed by atoms with E-state index in [-0.39, 0.29) is 5.60 Å². The minimum absolute atomic E-state index is 0.0334. The van der Waals surface area contributed by atoms with Crippen LogP contribution in [-0.2, 0) is 9.47 Å². The summed E-state index contributed by atoms with van der Waals surface area (Å²) in [6, 6.07) is 8.69. The molecule has 116 valence electrons. The maximum atomic E-state index is 6.09. The van der Waals surface area contributed by atoms with Gasteiger partial charge in [-0.2, -0.15) is 0 Å². The van der Waals surface area contributed by atoms with Crippen molar-refractivity contribution < 1.29 is 14.2 Å². The molecule has 1 N–H and O–H groups in total. The zero-order valence-corrected chi connectivity index (χ0v) is 12.8. The van der Waals surface area contributed by atoms with E-state index in [0.717, 1.165) is 56.9 Å². The maximum Gasteiger partial charge on any atom is 0.121 e. The molecular formula is C17H25NO3. The van der Waals surface area contributed by atoms with Crippen molar-refractivity contribution in [1.29, 1.82) is 0 Å². The fourth-order valence-electron chi connectivity index (χ4n) is 3.32. The molecule has 21 heavy (non-hydrogen) atoms. The lowest BCUT2D eigenvalue weighted by molar-refractivity contribution is -0.135. The van der Waals surface area contributed by atoms with Crippen molar-refractivity contribution in [3.05, 3.63) is 24.3 Å². The predicted octanol–water partition coefficient (Wildman–Crippen LogP) is 3.23. The topological polar surface area (TPSA) is 39.7 Å². The highest BCUT2D eigenvalue weighted by Gasteiger charge is 2.38. The van der Waals surface area contributed by atoms with Gasteiger partial charge in [0.1, 0.15) is 5.75 Å². The summed E-state index contributed by atoms with van der Waals surface area (Å²) in [7, 11) is 0. The molecule has 0 saturated carbocycles. The highest BCUT2D eigenvalue weighted by atomic mass is 16.5. The van der Waals surface area contributed by atoms with Crippen LogP contribution in [0.15, 0.2) is 24.3 Å². The largest absolute Gasteiger partial charge is 0.494 e. The number of ether oxygens (including phenoxy) is 3. The van der Waals surface area contributed by atoms with Crippen molar-refractivity contribution in [1.82, 2.24) is 0 Å².